The molecule has 0 saturated heterocycles. The quantitative estimate of drug-likeness (QED) is 0.480. The second kappa shape index (κ2) is 15.0. The molecule has 0 aromatic heterocycles. The van der Waals surface area contributed by atoms with Crippen molar-refractivity contribution in [3.8, 4) is 0 Å². The number of nitrogens with zero attached hydrogens (tertiary/aromatic N) is 1. The number of hydrogen-bond donors (Lipinski definition) is 1. The van der Waals surface area contributed by atoms with Crippen LogP contribution in [0.4, 0.5) is 4.79 Å². The zero-order valence-electron chi connectivity index (χ0n) is 11.8. The molecule has 1 N–H and O–H groups in total. The van der Waals surface area contributed by atoms with Crippen LogP contribution in [0.25, 0.3) is 5.32 Å². The van der Waals surface area contributed by atoms with Crippen LogP contribution in [0.3, 0.4) is 0 Å². The minimum absolute atomic E-state index is 0. The standard InChI is InChI=1S/C13H25NO3.Na/c1-2-3-4-5-6-7-8-9-10-11-12(15)14-13(16)17;/h2-11H2,1H3,(H2,14,15,16,17);/q;+1/p-1. The molecule has 0 aromatic carbocycles. The molecule has 0 fully saturated rings. The van der Waals surface area contributed by atoms with Crippen molar-refractivity contribution < 1.29 is 44.3 Å². The van der Waals surface area contributed by atoms with Crippen molar-refractivity contribution in [1.29, 1.82) is 0 Å². The summed E-state index contributed by atoms with van der Waals surface area (Å²) >= 11 is 0. The van der Waals surface area contributed by atoms with Gasteiger partial charge in [0.1, 0.15) is 0 Å². The van der Waals surface area contributed by atoms with Gasteiger partial charge in [0.05, 0.1) is 5.91 Å². The van der Waals surface area contributed by atoms with E-state index in [0.717, 1.165) is 19.3 Å². The van der Waals surface area contributed by atoms with Gasteiger partial charge in [-0.2, -0.15) is 0 Å². The first kappa shape index (κ1) is 20.3. The molecule has 0 bridgehead atoms. The average molecular weight is 265 g/mol. The molecular weight excluding hydrogens is 241 g/mol. The van der Waals surface area contributed by atoms with E-state index in [1.807, 2.05) is 0 Å². The van der Waals surface area contributed by atoms with E-state index in [4.69, 9.17) is 5.11 Å². The number of hydrogen-bond acceptors (Lipinski definition) is 2. The summed E-state index contributed by atoms with van der Waals surface area (Å²) in [5, 5.41) is 11.2. The van der Waals surface area contributed by atoms with Gasteiger partial charge in [-0.05, 0) is 12.8 Å². The van der Waals surface area contributed by atoms with Crippen molar-refractivity contribution in [3.63, 3.8) is 0 Å². The van der Waals surface area contributed by atoms with Gasteiger partial charge in [-0.1, -0.05) is 58.3 Å². The Morgan fingerprint density at radius 1 is 0.889 bits per heavy atom. The van der Waals surface area contributed by atoms with Crippen molar-refractivity contribution >= 4 is 12.0 Å². The third kappa shape index (κ3) is 15.9. The maximum absolute atomic E-state index is 10.9. The first-order valence-corrected chi connectivity index (χ1v) is 6.64. The summed E-state index contributed by atoms with van der Waals surface area (Å²) < 4.78 is 0. The zero-order valence-corrected chi connectivity index (χ0v) is 13.8. The minimum Gasteiger partial charge on any atom is -0.560 e. The Morgan fingerprint density at radius 3 is 1.78 bits per heavy atom. The summed E-state index contributed by atoms with van der Waals surface area (Å²) in [6, 6.07) is 0. The van der Waals surface area contributed by atoms with E-state index in [1.165, 1.54) is 38.5 Å². The number of rotatable bonds is 10. The van der Waals surface area contributed by atoms with Crippen molar-refractivity contribution in [1.82, 2.24) is 0 Å². The second-order valence-corrected chi connectivity index (χ2v) is 4.37. The second-order valence-electron chi connectivity index (χ2n) is 4.37. The molecule has 0 aromatic rings. The van der Waals surface area contributed by atoms with Crippen LogP contribution in [0.15, 0.2) is 0 Å². The van der Waals surface area contributed by atoms with Gasteiger partial charge in [0, 0.05) is 0 Å². The molecule has 0 unspecified atom stereocenters. The molecule has 4 nitrogen and oxygen atoms in total. The third-order valence-electron chi connectivity index (χ3n) is 2.71. The van der Waals surface area contributed by atoms with Crippen LogP contribution >= 0.6 is 0 Å². The van der Waals surface area contributed by atoms with E-state index >= 15 is 0 Å². The molecule has 0 atom stereocenters. The zero-order chi connectivity index (χ0) is 12.9. The summed E-state index contributed by atoms with van der Waals surface area (Å²) in [5.41, 5.74) is 0. The van der Waals surface area contributed by atoms with Gasteiger partial charge in [-0.25, -0.2) is 0 Å². The third-order valence-corrected chi connectivity index (χ3v) is 2.71. The first-order valence-electron chi connectivity index (χ1n) is 6.64. The molecule has 0 aliphatic carbocycles. The average Bonchev–Trinajstić information content (AvgIpc) is 2.26. The van der Waals surface area contributed by atoms with E-state index in [2.05, 4.69) is 12.2 Å². The fourth-order valence-electron chi connectivity index (χ4n) is 1.75. The van der Waals surface area contributed by atoms with Crippen LogP contribution in [-0.2, 0) is 4.79 Å². The molecule has 0 rings (SSSR count). The fraction of sp³-hybridized carbons (Fsp3) is 0.846. The fourth-order valence-corrected chi connectivity index (χ4v) is 1.75. The van der Waals surface area contributed by atoms with Crippen LogP contribution in [0.2, 0.25) is 0 Å². The topological polar surface area (TPSA) is 68.5 Å². The summed E-state index contributed by atoms with van der Waals surface area (Å²) in [4.78, 5) is 21.0. The molecule has 0 spiro atoms. The van der Waals surface area contributed by atoms with Crippen molar-refractivity contribution in [2.24, 2.45) is 0 Å². The predicted molar refractivity (Wildman–Crippen MR) is 68.2 cm³/mol. The maximum atomic E-state index is 10.9. The Hall–Kier alpha value is -0.0600. The SMILES string of the molecule is CCCCCCCCCCCC(=O)[N-]C(=O)O.[Na+]. The Kier molecular flexibility index (Phi) is 16.9. The Morgan fingerprint density at radius 2 is 1.33 bits per heavy atom. The van der Waals surface area contributed by atoms with Gasteiger partial charge in [-0.15, -0.1) is 0 Å². The van der Waals surface area contributed by atoms with E-state index < -0.39 is 12.0 Å². The Labute approximate surface area is 132 Å². The molecular formula is C13H24NNaO3. The van der Waals surface area contributed by atoms with Crippen LogP contribution in [0.1, 0.15) is 71.1 Å². The Balaban J connectivity index is 0. The largest absolute Gasteiger partial charge is 1.00 e. The summed E-state index contributed by atoms with van der Waals surface area (Å²) in [5.74, 6) is -0.513. The van der Waals surface area contributed by atoms with Gasteiger partial charge < -0.3 is 15.2 Å². The predicted octanol–water partition coefficient (Wildman–Crippen LogP) is 1.49. The van der Waals surface area contributed by atoms with E-state index in [-0.39, 0.29) is 36.0 Å². The van der Waals surface area contributed by atoms with Crippen LogP contribution in [0.5, 0.6) is 0 Å². The van der Waals surface area contributed by atoms with Gasteiger partial charge in [0.25, 0.3) is 0 Å². The minimum atomic E-state index is -1.38. The Bertz CT molecular complexity index is 222. The first-order chi connectivity index (χ1) is 8.16. The van der Waals surface area contributed by atoms with Crippen molar-refractivity contribution in [2.75, 3.05) is 0 Å². The summed E-state index contributed by atoms with van der Waals surface area (Å²) in [7, 11) is 0. The van der Waals surface area contributed by atoms with Crippen LogP contribution < -0.4 is 29.6 Å². The number of carbonyl (C=O) groups is 2. The van der Waals surface area contributed by atoms with Crippen molar-refractivity contribution in [3.05, 3.63) is 5.32 Å². The van der Waals surface area contributed by atoms with Gasteiger partial charge in [0.2, 0.25) is 6.09 Å². The van der Waals surface area contributed by atoms with E-state index in [9.17, 15) is 9.59 Å². The molecule has 18 heavy (non-hydrogen) atoms. The molecule has 0 radical (unpaired) electrons. The van der Waals surface area contributed by atoms with Crippen molar-refractivity contribution in [2.45, 2.75) is 71.1 Å². The molecule has 0 aliphatic heterocycles. The number of carbonyl (C=O) groups excluding carboxylic acids is 1. The maximum Gasteiger partial charge on any atom is 1.00 e. The van der Waals surface area contributed by atoms with Crippen LogP contribution in [-0.4, -0.2) is 17.1 Å². The van der Waals surface area contributed by atoms with Crippen LogP contribution in [0, 0.1) is 0 Å². The molecule has 5 heteroatoms. The number of imide groups is 1. The molecule has 2 amide bonds. The molecule has 0 saturated carbocycles. The van der Waals surface area contributed by atoms with E-state index in [0.29, 0.717) is 0 Å². The van der Waals surface area contributed by atoms with Gasteiger partial charge in [-0.3, -0.25) is 4.79 Å². The summed E-state index contributed by atoms with van der Waals surface area (Å²) in [6.07, 6.45) is 9.48. The van der Waals surface area contributed by atoms with Gasteiger partial charge in [0.15, 0.2) is 0 Å². The smallest absolute Gasteiger partial charge is 0.560 e. The number of carboxylic acid groups (broad SMARTS) is 1. The summed E-state index contributed by atoms with van der Waals surface area (Å²) in [6.45, 7) is 2.21. The normalized spacial score (nSPS) is 9.61. The van der Waals surface area contributed by atoms with Gasteiger partial charge >= 0.3 is 29.6 Å². The molecule has 0 aliphatic rings. The monoisotopic (exact) mass is 265 g/mol. The molecule has 0 heterocycles. The van der Waals surface area contributed by atoms with E-state index in [1.54, 1.807) is 0 Å². The number of unbranched alkanes of at least 4 members (excludes halogenated alkanes) is 8. The number of amides is 2. The molecule has 100 valence electrons.